The van der Waals surface area contributed by atoms with Crippen LogP contribution in [0.4, 0.5) is 4.39 Å². The number of benzene rings is 1. The zero-order chi connectivity index (χ0) is 19.1. The molecule has 4 atom stereocenters. The summed E-state index contributed by atoms with van der Waals surface area (Å²) in [6.07, 6.45) is 6.72. The van der Waals surface area contributed by atoms with Crippen molar-refractivity contribution in [2.24, 2.45) is 0 Å². The molecule has 1 aromatic carbocycles. The van der Waals surface area contributed by atoms with Crippen LogP contribution in [0, 0.1) is 0 Å². The van der Waals surface area contributed by atoms with E-state index >= 15 is 0 Å². The van der Waals surface area contributed by atoms with Crippen LogP contribution in [0.25, 0.3) is 22.0 Å². The number of nitrogens with zero attached hydrogens (tertiary/aromatic N) is 4. The van der Waals surface area contributed by atoms with Crippen LogP contribution in [0.2, 0.25) is 0 Å². The number of fused-ring (bicyclic) bond motifs is 3. The predicted molar refractivity (Wildman–Crippen MR) is 101 cm³/mol. The van der Waals surface area contributed by atoms with E-state index in [4.69, 9.17) is 4.74 Å². The highest BCUT2D eigenvalue weighted by molar-refractivity contribution is 5.89. The molecule has 0 saturated carbocycles. The van der Waals surface area contributed by atoms with Crippen LogP contribution < -0.4 is 10.1 Å². The van der Waals surface area contributed by atoms with Gasteiger partial charge in [0.05, 0.1) is 6.20 Å². The van der Waals surface area contributed by atoms with E-state index in [1.54, 1.807) is 18.5 Å². The first-order valence-corrected chi connectivity index (χ1v) is 9.51. The molecule has 2 aromatic heterocycles. The summed E-state index contributed by atoms with van der Waals surface area (Å²) in [6, 6.07) is 5.48. The van der Waals surface area contributed by atoms with Crippen molar-refractivity contribution in [3.05, 3.63) is 36.8 Å². The van der Waals surface area contributed by atoms with Crippen molar-refractivity contribution in [1.29, 1.82) is 0 Å². The molecule has 2 saturated heterocycles. The number of hydrogen-bond donors (Lipinski definition) is 2. The molecule has 28 heavy (non-hydrogen) atoms. The lowest BCUT2D eigenvalue weighted by Crippen LogP contribution is -2.59. The smallest absolute Gasteiger partial charge is 0.336 e. The number of phenols is 1. The number of aromatic hydroxyl groups is 1. The zero-order valence-electron chi connectivity index (χ0n) is 15.1. The molecule has 0 spiro atoms. The predicted octanol–water partition coefficient (Wildman–Crippen LogP) is 2.79. The first-order valence-electron chi connectivity index (χ1n) is 9.51. The third-order valence-corrected chi connectivity index (χ3v) is 5.60. The first kappa shape index (κ1) is 17.2. The number of ether oxygens (including phenoxy) is 1. The van der Waals surface area contributed by atoms with Crippen molar-refractivity contribution < 1.29 is 14.2 Å². The van der Waals surface area contributed by atoms with Gasteiger partial charge in [-0.25, -0.2) is 9.37 Å². The third-order valence-electron chi connectivity index (χ3n) is 5.60. The average molecular weight is 381 g/mol. The van der Waals surface area contributed by atoms with Crippen molar-refractivity contribution in [2.75, 3.05) is 0 Å². The quantitative estimate of drug-likeness (QED) is 0.721. The van der Waals surface area contributed by atoms with E-state index in [0.717, 1.165) is 30.0 Å². The molecule has 2 N–H and O–H groups in total. The summed E-state index contributed by atoms with van der Waals surface area (Å²) in [5, 5.41) is 23.5. The van der Waals surface area contributed by atoms with Gasteiger partial charge < -0.3 is 15.2 Å². The lowest BCUT2D eigenvalue weighted by Gasteiger charge is -2.42. The number of pyridine rings is 1. The van der Waals surface area contributed by atoms with Gasteiger partial charge in [-0.3, -0.25) is 4.98 Å². The van der Waals surface area contributed by atoms with Crippen molar-refractivity contribution >= 4 is 10.8 Å². The van der Waals surface area contributed by atoms with Gasteiger partial charge in [0.15, 0.2) is 6.17 Å². The number of aromatic nitrogens is 4. The Morgan fingerprint density at radius 1 is 1.14 bits per heavy atom. The maximum atomic E-state index is 14.6. The van der Waals surface area contributed by atoms with Crippen LogP contribution in [0.1, 0.15) is 25.7 Å². The number of nitrogens with one attached hydrogen (secondary N) is 1. The number of halogens is 1. The summed E-state index contributed by atoms with van der Waals surface area (Å²) in [5.74, 6) is 0.0697. The fraction of sp³-hybridized carbons (Fsp3) is 0.400. The van der Waals surface area contributed by atoms with Gasteiger partial charge in [0.2, 0.25) is 0 Å². The van der Waals surface area contributed by atoms with Crippen LogP contribution in [0.3, 0.4) is 0 Å². The van der Waals surface area contributed by atoms with Crippen molar-refractivity contribution in [1.82, 2.24) is 25.5 Å². The molecule has 2 aliphatic rings. The first-order chi connectivity index (χ1) is 13.7. The Hall–Kier alpha value is -2.87. The van der Waals surface area contributed by atoms with E-state index < -0.39 is 12.3 Å². The molecule has 2 aliphatic heterocycles. The number of piperidine rings is 2. The molecule has 0 radical (unpaired) electrons. The highest BCUT2D eigenvalue weighted by Gasteiger charge is 2.41. The minimum absolute atomic E-state index is 0.0563. The second kappa shape index (κ2) is 6.94. The van der Waals surface area contributed by atoms with Crippen LogP contribution in [0.15, 0.2) is 36.8 Å². The molecule has 5 rings (SSSR count). The summed E-state index contributed by atoms with van der Waals surface area (Å²) in [6.45, 7) is 0. The fourth-order valence-electron chi connectivity index (χ4n) is 4.18. The lowest BCUT2D eigenvalue weighted by atomic mass is 9.84. The SMILES string of the molecule is Oc1cc2cnccc2cc1-c1cnc(O[C@@H]2CC3CCCC(N3)[C@H]2F)nn1. The van der Waals surface area contributed by atoms with Gasteiger partial charge in [-0.2, -0.15) is 0 Å². The Balaban J connectivity index is 1.37. The van der Waals surface area contributed by atoms with E-state index in [2.05, 4.69) is 25.5 Å². The topological polar surface area (TPSA) is 93.1 Å². The minimum Gasteiger partial charge on any atom is -0.507 e. The zero-order valence-corrected chi connectivity index (χ0v) is 15.1. The molecule has 4 heterocycles. The normalized spacial score (nSPS) is 26.9. The van der Waals surface area contributed by atoms with Crippen molar-refractivity contribution in [2.45, 2.75) is 50.0 Å². The van der Waals surface area contributed by atoms with Gasteiger partial charge >= 0.3 is 6.01 Å². The van der Waals surface area contributed by atoms with Crippen molar-refractivity contribution in [3.63, 3.8) is 0 Å². The van der Waals surface area contributed by atoms with Crippen molar-refractivity contribution in [3.8, 4) is 23.0 Å². The standard InChI is InChI=1S/C20H20FN5O2/c21-19-15-3-1-2-13(24-15)8-18(19)28-20-23-10-16(25-26-20)14-6-11-4-5-22-9-12(11)7-17(14)27/h4-7,9-10,13,15,18-19,24,27H,1-3,8H2/t13?,15?,18-,19-/m1/s1. The highest BCUT2D eigenvalue weighted by Crippen LogP contribution is 2.32. The molecular weight excluding hydrogens is 361 g/mol. The molecule has 0 amide bonds. The third kappa shape index (κ3) is 3.13. The summed E-state index contributed by atoms with van der Waals surface area (Å²) in [7, 11) is 0. The van der Waals surface area contributed by atoms with Gasteiger partial charge in [0.25, 0.3) is 0 Å². The number of alkyl halides is 1. The van der Waals surface area contributed by atoms with Crippen LogP contribution in [-0.2, 0) is 0 Å². The van der Waals surface area contributed by atoms with Gasteiger partial charge in [0, 0.05) is 41.8 Å². The highest BCUT2D eigenvalue weighted by atomic mass is 19.1. The van der Waals surface area contributed by atoms with E-state index in [1.807, 2.05) is 12.1 Å². The molecular formula is C20H20FN5O2. The molecule has 3 aromatic rings. The van der Waals surface area contributed by atoms with E-state index in [1.165, 1.54) is 6.20 Å². The molecule has 2 fully saturated rings. The Morgan fingerprint density at radius 2 is 2.07 bits per heavy atom. The largest absolute Gasteiger partial charge is 0.507 e. The van der Waals surface area contributed by atoms with Gasteiger partial charge in [-0.15, -0.1) is 5.10 Å². The minimum atomic E-state index is -1.09. The maximum Gasteiger partial charge on any atom is 0.336 e. The lowest BCUT2D eigenvalue weighted by molar-refractivity contribution is 0.00387. The molecule has 7 nitrogen and oxygen atoms in total. The maximum absolute atomic E-state index is 14.6. The van der Waals surface area contributed by atoms with Gasteiger partial charge in [-0.05, 0) is 36.4 Å². The molecule has 8 heteroatoms. The number of rotatable bonds is 3. The van der Waals surface area contributed by atoms with Crippen LogP contribution >= 0.6 is 0 Å². The van der Waals surface area contributed by atoms with Crippen LogP contribution in [-0.4, -0.2) is 49.6 Å². The molecule has 2 unspecified atom stereocenters. The van der Waals surface area contributed by atoms with Crippen LogP contribution in [0.5, 0.6) is 11.8 Å². The van der Waals surface area contributed by atoms with E-state index in [9.17, 15) is 9.50 Å². The summed E-state index contributed by atoms with van der Waals surface area (Å²) < 4.78 is 20.4. The Labute approximate surface area is 161 Å². The molecule has 2 bridgehead atoms. The summed E-state index contributed by atoms with van der Waals surface area (Å²) in [4.78, 5) is 8.24. The Morgan fingerprint density at radius 3 is 2.93 bits per heavy atom. The summed E-state index contributed by atoms with van der Waals surface area (Å²) in [5.41, 5.74) is 0.938. The number of phenolic OH excluding ortho intramolecular Hbond substituents is 1. The van der Waals surface area contributed by atoms with E-state index in [0.29, 0.717) is 17.7 Å². The monoisotopic (exact) mass is 381 g/mol. The molecule has 0 aliphatic carbocycles. The second-order valence-corrected chi connectivity index (χ2v) is 7.46. The number of hydrogen-bond acceptors (Lipinski definition) is 7. The van der Waals surface area contributed by atoms with E-state index in [-0.39, 0.29) is 23.8 Å². The Bertz CT molecular complexity index is 1000. The second-order valence-electron chi connectivity index (χ2n) is 7.46. The average Bonchev–Trinajstić information content (AvgIpc) is 2.72. The Kier molecular flexibility index (Phi) is 4.27. The van der Waals surface area contributed by atoms with Gasteiger partial charge in [0.1, 0.15) is 17.5 Å². The summed E-state index contributed by atoms with van der Waals surface area (Å²) >= 11 is 0. The molecule has 144 valence electrons. The fourth-order valence-corrected chi connectivity index (χ4v) is 4.18. The van der Waals surface area contributed by atoms with Gasteiger partial charge in [-0.1, -0.05) is 11.5 Å².